The topological polar surface area (TPSA) is 35.6 Å². The number of piperazine rings is 1. The monoisotopic (exact) mass is 483 g/mol. The molecular formula is C25H30F5N3O. The molecule has 1 amide bonds. The summed E-state index contributed by atoms with van der Waals surface area (Å²) in [7, 11) is 0. The molecule has 34 heavy (non-hydrogen) atoms. The van der Waals surface area contributed by atoms with E-state index < -0.39 is 29.8 Å². The van der Waals surface area contributed by atoms with E-state index in [-0.39, 0.29) is 24.4 Å². The Morgan fingerprint density at radius 2 is 1.56 bits per heavy atom. The molecule has 2 aromatic rings. The molecule has 1 heterocycles. The lowest BCUT2D eigenvalue weighted by Gasteiger charge is -2.40. The largest absolute Gasteiger partial charge is 0.416 e. The molecule has 0 radical (unpaired) electrons. The van der Waals surface area contributed by atoms with Crippen LogP contribution in [0.5, 0.6) is 0 Å². The Morgan fingerprint density at radius 1 is 0.941 bits per heavy atom. The number of hydrogen-bond acceptors (Lipinski definition) is 3. The first-order chi connectivity index (χ1) is 16.1. The second-order valence-corrected chi connectivity index (χ2v) is 8.78. The van der Waals surface area contributed by atoms with Crippen molar-refractivity contribution in [2.45, 2.75) is 45.0 Å². The fourth-order valence-corrected chi connectivity index (χ4v) is 4.25. The van der Waals surface area contributed by atoms with Crippen LogP contribution in [0.3, 0.4) is 0 Å². The first-order valence-corrected chi connectivity index (χ1v) is 11.4. The first kappa shape index (κ1) is 26.1. The van der Waals surface area contributed by atoms with E-state index in [1.807, 2.05) is 30.3 Å². The van der Waals surface area contributed by atoms with Crippen molar-refractivity contribution in [2.75, 3.05) is 32.7 Å². The number of hydrogen-bond donors (Lipinski definition) is 1. The number of carbonyl (C=O) groups is 1. The van der Waals surface area contributed by atoms with Gasteiger partial charge in [-0.3, -0.25) is 14.6 Å². The predicted octanol–water partition coefficient (Wildman–Crippen LogP) is 5.07. The highest BCUT2D eigenvalue weighted by atomic mass is 19.4. The summed E-state index contributed by atoms with van der Waals surface area (Å²) >= 11 is 0. The van der Waals surface area contributed by atoms with Gasteiger partial charge >= 0.3 is 6.18 Å². The van der Waals surface area contributed by atoms with Crippen LogP contribution in [-0.2, 0) is 17.4 Å². The van der Waals surface area contributed by atoms with Crippen LogP contribution in [0.15, 0.2) is 48.5 Å². The zero-order chi connectivity index (χ0) is 24.9. The van der Waals surface area contributed by atoms with Gasteiger partial charge in [-0.25, -0.2) is 8.78 Å². The molecule has 1 unspecified atom stereocenters. The normalized spacial score (nSPS) is 16.7. The van der Waals surface area contributed by atoms with Crippen molar-refractivity contribution >= 4 is 5.91 Å². The van der Waals surface area contributed by atoms with Gasteiger partial charge in [0.05, 0.1) is 5.56 Å². The summed E-state index contributed by atoms with van der Waals surface area (Å²) < 4.78 is 65.5. The van der Waals surface area contributed by atoms with Crippen LogP contribution >= 0.6 is 0 Å². The smallest absolute Gasteiger partial charge is 0.354 e. The number of benzene rings is 2. The van der Waals surface area contributed by atoms with E-state index in [0.29, 0.717) is 25.2 Å². The Kier molecular flexibility index (Phi) is 8.65. The summed E-state index contributed by atoms with van der Waals surface area (Å²) in [5.41, 5.74) is -0.859. The molecule has 1 saturated heterocycles. The average molecular weight is 484 g/mol. The lowest BCUT2D eigenvalue weighted by molar-refractivity contribution is -0.137. The van der Waals surface area contributed by atoms with E-state index >= 15 is 0 Å². The lowest BCUT2D eigenvalue weighted by Crippen LogP contribution is -2.52. The van der Waals surface area contributed by atoms with Crippen molar-refractivity contribution in [2.24, 2.45) is 0 Å². The molecule has 1 aliphatic rings. The van der Waals surface area contributed by atoms with Crippen molar-refractivity contribution in [1.82, 2.24) is 15.1 Å². The van der Waals surface area contributed by atoms with Crippen molar-refractivity contribution in [3.05, 3.63) is 70.8 Å². The molecule has 0 saturated carbocycles. The first-order valence-electron chi connectivity index (χ1n) is 11.4. The minimum atomic E-state index is -4.72. The van der Waals surface area contributed by atoms with Crippen LogP contribution in [0.4, 0.5) is 22.0 Å². The third-order valence-corrected chi connectivity index (χ3v) is 6.12. The maximum atomic E-state index is 13.2. The van der Waals surface area contributed by atoms with Gasteiger partial charge in [-0.05, 0) is 43.5 Å². The molecule has 1 N–H and O–H groups in total. The summed E-state index contributed by atoms with van der Waals surface area (Å²) in [6.07, 6.45) is -7.72. The van der Waals surface area contributed by atoms with Crippen LogP contribution in [0, 0.1) is 0 Å². The van der Waals surface area contributed by atoms with Crippen molar-refractivity contribution in [3.63, 3.8) is 0 Å². The second kappa shape index (κ2) is 11.3. The average Bonchev–Trinajstić information content (AvgIpc) is 2.79. The molecule has 0 aliphatic carbocycles. The fraction of sp³-hybridized carbons (Fsp3) is 0.480. The number of halogens is 5. The van der Waals surface area contributed by atoms with E-state index in [9.17, 15) is 26.7 Å². The highest BCUT2D eigenvalue weighted by molar-refractivity contribution is 5.83. The molecule has 9 heteroatoms. The number of rotatable bonds is 8. The van der Waals surface area contributed by atoms with Gasteiger partial charge in [0.25, 0.3) is 6.43 Å². The molecule has 186 valence electrons. The summed E-state index contributed by atoms with van der Waals surface area (Å²) in [6.45, 7) is 7.36. The molecule has 0 spiro atoms. The number of carbonyl (C=O) groups excluding carboxylic acids is 1. The molecule has 4 nitrogen and oxygen atoms in total. The summed E-state index contributed by atoms with van der Waals surface area (Å²) in [4.78, 5) is 17.6. The Balaban J connectivity index is 1.70. The minimum absolute atomic E-state index is 0.0119. The van der Waals surface area contributed by atoms with Crippen molar-refractivity contribution in [1.29, 1.82) is 0 Å². The quantitative estimate of drug-likeness (QED) is 0.533. The van der Waals surface area contributed by atoms with Gasteiger partial charge in [0, 0.05) is 44.3 Å². The standard InChI is InChI=1S/C25H30F5N3O/c1-17(2)32-10-12-33(13-11-32)22(19-6-4-3-5-7-19)24(34)31-9-8-18-14-20(23(26)27)16-21(15-18)25(28,29)30/h3-7,14-17,22-23H,8-13H2,1-2H3,(H,31,34). The minimum Gasteiger partial charge on any atom is -0.354 e. The molecular weight excluding hydrogens is 453 g/mol. The third kappa shape index (κ3) is 6.76. The number of amides is 1. The van der Waals surface area contributed by atoms with E-state index in [2.05, 4.69) is 29.0 Å². The van der Waals surface area contributed by atoms with E-state index in [1.54, 1.807) is 0 Å². The van der Waals surface area contributed by atoms with Crippen LogP contribution in [0.1, 0.15) is 48.6 Å². The molecule has 1 aliphatic heterocycles. The van der Waals surface area contributed by atoms with Crippen LogP contribution in [-0.4, -0.2) is 54.5 Å². The Hall–Kier alpha value is -2.52. The predicted molar refractivity (Wildman–Crippen MR) is 121 cm³/mol. The van der Waals surface area contributed by atoms with E-state index in [0.717, 1.165) is 30.8 Å². The maximum absolute atomic E-state index is 13.2. The van der Waals surface area contributed by atoms with Gasteiger partial charge in [0.1, 0.15) is 6.04 Å². The van der Waals surface area contributed by atoms with Crippen molar-refractivity contribution < 1.29 is 26.7 Å². The highest BCUT2D eigenvalue weighted by Gasteiger charge is 2.33. The molecule has 3 rings (SSSR count). The number of nitrogens with zero attached hydrogens (tertiary/aromatic N) is 2. The number of nitrogens with one attached hydrogen (secondary N) is 1. The second-order valence-electron chi connectivity index (χ2n) is 8.78. The number of alkyl halides is 5. The van der Waals surface area contributed by atoms with E-state index in [4.69, 9.17) is 0 Å². The van der Waals surface area contributed by atoms with Crippen molar-refractivity contribution in [3.8, 4) is 0 Å². The maximum Gasteiger partial charge on any atom is 0.416 e. The van der Waals surface area contributed by atoms with Gasteiger partial charge in [-0.1, -0.05) is 36.4 Å². The molecule has 2 aromatic carbocycles. The Bertz CT molecular complexity index is 941. The lowest BCUT2D eigenvalue weighted by atomic mass is 10.0. The van der Waals surface area contributed by atoms with E-state index in [1.165, 1.54) is 0 Å². The van der Waals surface area contributed by atoms with Crippen LogP contribution in [0.25, 0.3) is 0 Å². The molecule has 1 fully saturated rings. The summed E-state index contributed by atoms with van der Waals surface area (Å²) in [6, 6.07) is 11.6. The van der Waals surface area contributed by atoms with Gasteiger partial charge in [0.15, 0.2) is 0 Å². The molecule has 1 atom stereocenters. The van der Waals surface area contributed by atoms with Gasteiger partial charge in [-0.15, -0.1) is 0 Å². The summed E-state index contributed by atoms with van der Waals surface area (Å²) in [5, 5.41) is 2.80. The van der Waals surface area contributed by atoms with Crippen LogP contribution in [0.2, 0.25) is 0 Å². The Labute approximate surface area is 196 Å². The summed E-state index contributed by atoms with van der Waals surface area (Å²) in [5.74, 6) is -0.259. The van der Waals surface area contributed by atoms with Gasteiger partial charge in [-0.2, -0.15) is 13.2 Å². The third-order valence-electron chi connectivity index (χ3n) is 6.12. The SMILES string of the molecule is CC(C)N1CCN(C(C(=O)NCCc2cc(C(F)F)cc(C(F)(F)F)c2)c2ccccc2)CC1. The zero-order valence-electron chi connectivity index (χ0n) is 19.3. The fourth-order valence-electron chi connectivity index (χ4n) is 4.25. The molecule has 0 bridgehead atoms. The Morgan fingerprint density at radius 3 is 2.12 bits per heavy atom. The van der Waals surface area contributed by atoms with Gasteiger partial charge < -0.3 is 5.32 Å². The molecule has 0 aromatic heterocycles. The van der Waals surface area contributed by atoms with Crippen LogP contribution < -0.4 is 5.32 Å². The highest BCUT2D eigenvalue weighted by Crippen LogP contribution is 2.33. The zero-order valence-corrected chi connectivity index (χ0v) is 19.3. The van der Waals surface area contributed by atoms with Gasteiger partial charge in [0.2, 0.25) is 5.91 Å².